The van der Waals surface area contributed by atoms with Gasteiger partial charge in [0.1, 0.15) is 11.6 Å². The summed E-state index contributed by atoms with van der Waals surface area (Å²) in [6.45, 7) is 1.42. The van der Waals surface area contributed by atoms with Crippen LogP contribution in [0.3, 0.4) is 0 Å². The summed E-state index contributed by atoms with van der Waals surface area (Å²) >= 11 is 0. The number of amides is 1. The molecule has 0 saturated heterocycles. The van der Waals surface area contributed by atoms with E-state index in [-0.39, 0.29) is 30.5 Å². The van der Waals surface area contributed by atoms with Gasteiger partial charge in [-0.15, -0.1) is 0 Å². The van der Waals surface area contributed by atoms with Gasteiger partial charge in [-0.1, -0.05) is 12.1 Å². The molecule has 3 N–H and O–H groups in total. The number of nitro groups is 1. The Bertz CT molecular complexity index is 750. The summed E-state index contributed by atoms with van der Waals surface area (Å²) in [5.74, 6) is -3.35. The summed E-state index contributed by atoms with van der Waals surface area (Å²) in [5, 5.41) is 31.7. The molecule has 0 heterocycles. The monoisotopic (exact) mass is 366 g/mol. The lowest BCUT2D eigenvalue weighted by Gasteiger charge is -2.26. The van der Waals surface area contributed by atoms with Crippen LogP contribution < -0.4 is 5.32 Å². The van der Waals surface area contributed by atoms with Crippen LogP contribution in [-0.2, 0) is 14.3 Å². The van der Waals surface area contributed by atoms with Gasteiger partial charge in [-0.3, -0.25) is 14.9 Å². The average molecular weight is 366 g/mol. The largest absolute Gasteiger partial charge is 0.481 e. The molecule has 0 spiro atoms. The number of carbonyl (C=O) groups is 3. The van der Waals surface area contributed by atoms with Crippen molar-refractivity contribution in [2.24, 2.45) is 5.92 Å². The number of nitro benzene ring substituents is 1. The average Bonchev–Trinajstić information content (AvgIpc) is 3.00. The zero-order chi connectivity index (χ0) is 19.5. The Kier molecular flexibility index (Phi) is 5.44. The summed E-state index contributed by atoms with van der Waals surface area (Å²) in [6, 6.07) is 5.71. The fraction of sp³-hybridized carbons (Fsp3) is 0.438. The Labute approximate surface area is 147 Å². The quantitative estimate of drug-likeness (QED) is 0.510. The number of carbonyl (C=O) groups excluding carboxylic acids is 1. The van der Waals surface area contributed by atoms with E-state index in [2.05, 4.69) is 5.32 Å². The molecule has 1 aromatic rings. The van der Waals surface area contributed by atoms with Crippen LogP contribution in [0.2, 0.25) is 0 Å². The zero-order valence-corrected chi connectivity index (χ0v) is 13.9. The number of hydrogen-bond donors (Lipinski definition) is 3. The molecule has 1 saturated carbocycles. The van der Waals surface area contributed by atoms with Crippen LogP contribution in [0.5, 0.6) is 0 Å². The van der Waals surface area contributed by atoms with Gasteiger partial charge in [0.2, 0.25) is 0 Å². The molecular formula is C16H18N2O8. The first-order chi connectivity index (χ1) is 12.2. The predicted molar refractivity (Wildman–Crippen MR) is 86.5 cm³/mol. The van der Waals surface area contributed by atoms with E-state index in [1.165, 1.54) is 25.1 Å². The third kappa shape index (κ3) is 3.90. The van der Waals surface area contributed by atoms with E-state index in [0.29, 0.717) is 0 Å². The number of benzene rings is 1. The van der Waals surface area contributed by atoms with Crippen molar-refractivity contribution in [3.05, 3.63) is 39.9 Å². The molecule has 0 aliphatic heterocycles. The van der Waals surface area contributed by atoms with Gasteiger partial charge in [-0.25, -0.2) is 9.59 Å². The Morgan fingerprint density at radius 2 is 2.00 bits per heavy atom. The van der Waals surface area contributed by atoms with Gasteiger partial charge < -0.3 is 20.3 Å². The Morgan fingerprint density at radius 3 is 2.54 bits per heavy atom. The number of nitrogens with zero attached hydrogens (tertiary/aromatic N) is 1. The lowest BCUT2D eigenvalue weighted by Crippen LogP contribution is -2.53. The Balaban J connectivity index is 2.11. The number of ether oxygens (including phenoxy) is 1. The molecule has 26 heavy (non-hydrogen) atoms. The number of carboxylic acid groups (broad SMARTS) is 2. The third-order valence-electron chi connectivity index (χ3n) is 4.47. The van der Waals surface area contributed by atoms with Crippen LogP contribution in [0.1, 0.15) is 37.9 Å². The van der Waals surface area contributed by atoms with E-state index in [1.54, 1.807) is 6.07 Å². The number of alkyl carbamates (subject to hydrolysis) is 1. The molecule has 0 unspecified atom stereocenters. The molecule has 0 bridgehead atoms. The van der Waals surface area contributed by atoms with E-state index in [1.807, 2.05) is 0 Å². The van der Waals surface area contributed by atoms with Gasteiger partial charge in [0.15, 0.2) is 0 Å². The van der Waals surface area contributed by atoms with Crippen molar-refractivity contribution < 1.29 is 34.3 Å². The highest BCUT2D eigenvalue weighted by atomic mass is 16.6. The second-order valence-corrected chi connectivity index (χ2v) is 6.15. The summed E-state index contributed by atoms with van der Waals surface area (Å²) in [5.41, 5.74) is -1.80. The third-order valence-corrected chi connectivity index (χ3v) is 4.47. The van der Waals surface area contributed by atoms with E-state index in [0.717, 1.165) is 0 Å². The molecule has 10 heteroatoms. The molecule has 1 amide bonds. The normalized spacial score (nSPS) is 23.0. The van der Waals surface area contributed by atoms with Gasteiger partial charge in [0.25, 0.3) is 5.69 Å². The molecule has 1 aliphatic rings. The van der Waals surface area contributed by atoms with Crippen molar-refractivity contribution in [2.75, 3.05) is 0 Å². The smallest absolute Gasteiger partial charge is 0.408 e. The van der Waals surface area contributed by atoms with Gasteiger partial charge in [-0.2, -0.15) is 0 Å². The van der Waals surface area contributed by atoms with Crippen molar-refractivity contribution in [2.45, 2.75) is 37.8 Å². The van der Waals surface area contributed by atoms with Crippen molar-refractivity contribution >= 4 is 23.7 Å². The lowest BCUT2D eigenvalue weighted by molar-refractivity contribution is -0.386. The first-order valence-corrected chi connectivity index (χ1v) is 7.84. The number of carboxylic acids is 2. The molecular weight excluding hydrogens is 348 g/mol. The highest BCUT2D eigenvalue weighted by Crippen LogP contribution is 2.35. The first kappa shape index (κ1) is 19.2. The highest BCUT2D eigenvalue weighted by molar-refractivity contribution is 5.86. The Hall–Kier alpha value is -3.17. The SMILES string of the molecule is C[C@@H](OC(=O)N[C@@]1(C(=O)O)CC[C@@H](C(=O)O)C1)c1ccccc1[N+](=O)[O-]. The van der Waals surface area contributed by atoms with Crippen LogP contribution in [0.25, 0.3) is 0 Å². The molecule has 1 fully saturated rings. The topological polar surface area (TPSA) is 156 Å². The van der Waals surface area contributed by atoms with Gasteiger partial charge in [0, 0.05) is 6.07 Å². The minimum Gasteiger partial charge on any atom is -0.481 e. The van der Waals surface area contributed by atoms with Crippen molar-refractivity contribution in [1.29, 1.82) is 0 Å². The number of hydrogen-bond acceptors (Lipinski definition) is 6. The first-order valence-electron chi connectivity index (χ1n) is 7.84. The molecule has 140 valence electrons. The molecule has 0 radical (unpaired) electrons. The predicted octanol–water partition coefficient (Wildman–Crippen LogP) is 2.09. The minimum absolute atomic E-state index is 0.0474. The zero-order valence-electron chi connectivity index (χ0n) is 13.9. The minimum atomic E-state index is -1.73. The van der Waals surface area contributed by atoms with E-state index in [4.69, 9.17) is 9.84 Å². The van der Waals surface area contributed by atoms with Crippen molar-refractivity contribution in [3.8, 4) is 0 Å². The number of para-hydroxylation sites is 1. The summed E-state index contributed by atoms with van der Waals surface area (Å²) in [7, 11) is 0. The van der Waals surface area contributed by atoms with Gasteiger partial charge >= 0.3 is 18.0 Å². The van der Waals surface area contributed by atoms with E-state index in [9.17, 15) is 29.6 Å². The second-order valence-electron chi connectivity index (χ2n) is 6.15. The van der Waals surface area contributed by atoms with Crippen LogP contribution in [0.15, 0.2) is 24.3 Å². The standard InChI is InChI=1S/C16H18N2O8/c1-9(11-4-2-3-5-12(11)18(24)25)26-15(23)17-16(14(21)22)7-6-10(8-16)13(19)20/h2-5,9-10H,6-8H2,1H3,(H,17,23)(H,19,20)(H,21,22)/t9-,10-,16+/m1/s1. The maximum atomic E-state index is 12.1. The van der Waals surface area contributed by atoms with E-state index < -0.39 is 40.5 Å². The van der Waals surface area contributed by atoms with Crippen molar-refractivity contribution in [1.82, 2.24) is 5.32 Å². The van der Waals surface area contributed by atoms with Crippen molar-refractivity contribution in [3.63, 3.8) is 0 Å². The maximum Gasteiger partial charge on any atom is 0.408 e. The fourth-order valence-electron chi connectivity index (χ4n) is 3.06. The van der Waals surface area contributed by atoms with Gasteiger partial charge in [-0.05, 0) is 32.3 Å². The van der Waals surface area contributed by atoms with Crippen LogP contribution >= 0.6 is 0 Å². The maximum absolute atomic E-state index is 12.1. The molecule has 2 rings (SSSR count). The fourth-order valence-corrected chi connectivity index (χ4v) is 3.06. The highest BCUT2D eigenvalue weighted by Gasteiger charge is 2.49. The second kappa shape index (κ2) is 7.38. The van der Waals surface area contributed by atoms with Crippen LogP contribution in [0.4, 0.5) is 10.5 Å². The number of aliphatic carboxylic acids is 2. The van der Waals surface area contributed by atoms with E-state index >= 15 is 0 Å². The molecule has 3 atom stereocenters. The van der Waals surface area contributed by atoms with Crippen LogP contribution in [-0.4, -0.2) is 38.7 Å². The van der Waals surface area contributed by atoms with Crippen LogP contribution in [0, 0.1) is 16.0 Å². The molecule has 10 nitrogen and oxygen atoms in total. The molecule has 1 aliphatic carbocycles. The Morgan fingerprint density at radius 1 is 1.35 bits per heavy atom. The summed E-state index contributed by atoms with van der Waals surface area (Å²) < 4.78 is 5.09. The molecule has 1 aromatic carbocycles. The number of nitrogens with one attached hydrogen (secondary N) is 1. The van der Waals surface area contributed by atoms with Gasteiger partial charge in [0.05, 0.1) is 16.4 Å². The summed E-state index contributed by atoms with van der Waals surface area (Å²) in [4.78, 5) is 45.2. The molecule has 0 aromatic heterocycles. The summed E-state index contributed by atoms with van der Waals surface area (Å²) in [6.07, 6.45) is -2.27. The lowest BCUT2D eigenvalue weighted by atomic mass is 9.96. The number of rotatable bonds is 6.